The van der Waals surface area contributed by atoms with Crippen molar-refractivity contribution in [2.75, 3.05) is 26.9 Å². The third-order valence-corrected chi connectivity index (χ3v) is 4.71. The molecule has 1 aromatic rings. The Morgan fingerprint density at radius 3 is 2.95 bits per heavy atom. The molecule has 0 bridgehead atoms. The Bertz CT molecular complexity index is 478. The lowest BCUT2D eigenvalue weighted by Gasteiger charge is -2.37. The van der Waals surface area contributed by atoms with Gasteiger partial charge in [-0.2, -0.15) is 5.10 Å². The predicted octanol–water partition coefficient (Wildman–Crippen LogP) is 1.73. The zero-order valence-corrected chi connectivity index (χ0v) is 12.7. The molecule has 112 valence electrons. The smallest absolute Gasteiger partial charge is 0.0957 e. The summed E-state index contributed by atoms with van der Waals surface area (Å²) in [6.07, 6.45) is 3.09. The molecule has 1 spiro atoms. The van der Waals surface area contributed by atoms with Crippen LogP contribution < -0.4 is 5.32 Å². The second kappa shape index (κ2) is 5.47. The summed E-state index contributed by atoms with van der Waals surface area (Å²) in [5.41, 5.74) is 3.70. The molecule has 2 aliphatic rings. The number of hydrogen-bond acceptors (Lipinski definition) is 4. The molecule has 0 aliphatic carbocycles. The number of aryl methyl sites for hydroxylation is 1. The van der Waals surface area contributed by atoms with Crippen molar-refractivity contribution < 1.29 is 9.47 Å². The fourth-order valence-corrected chi connectivity index (χ4v) is 3.56. The summed E-state index contributed by atoms with van der Waals surface area (Å²) in [5, 5.41) is 8.02. The van der Waals surface area contributed by atoms with E-state index in [9.17, 15) is 0 Å². The summed E-state index contributed by atoms with van der Waals surface area (Å²) < 4.78 is 13.8. The molecule has 2 fully saturated rings. The maximum atomic E-state index is 6.02. The molecular formula is C15H25N3O2. The first-order valence-electron chi connectivity index (χ1n) is 7.56. The lowest BCUT2D eigenvalue weighted by molar-refractivity contribution is -0.0965. The van der Waals surface area contributed by atoms with Gasteiger partial charge in [-0.05, 0) is 27.3 Å². The molecule has 5 heteroatoms. The minimum Gasteiger partial charge on any atom is -0.378 e. The first-order chi connectivity index (χ1) is 9.65. The number of nitrogens with zero attached hydrogens (tertiary/aromatic N) is 2. The molecule has 0 aromatic carbocycles. The third-order valence-electron chi connectivity index (χ3n) is 4.71. The fourth-order valence-electron chi connectivity index (χ4n) is 3.56. The highest BCUT2D eigenvalue weighted by molar-refractivity contribution is 5.25. The van der Waals surface area contributed by atoms with Gasteiger partial charge in [0.25, 0.3) is 0 Å². The molecule has 2 unspecified atom stereocenters. The number of nitrogens with one attached hydrogen (secondary N) is 1. The largest absolute Gasteiger partial charge is 0.378 e. The van der Waals surface area contributed by atoms with Crippen LogP contribution in [0.25, 0.3) is 0 Å². The van der Waals surface area contributed by atoms with Crippen LogP contribution >= 0.6 is 0 Å². The Balaban J connectivity index is 1.83. The maximum Gasteiger partial charge on any atom is 0.0957 e. The zero-order valence-electron chi connectivity index (χ0n) is 12.7. The summed E-state index contributed by atoms with van der Waals surface area (Å²) in [7, 11) is 1.98. The van der Waals surface area contributed by atoms with Crippen molar-refractivity contribution in [3.63, 3.8) is 0 Å². The highest BCUT2D eigenvalue weighted by atomic mass is 16.6. The van der Waals surface area contributed by atoms with Gasteiger partial charge in [0.1, 0.15) is 0 Å². The fraction of sp³-hybridized carbons (Fsp3) is 0.800. The molecule has 0 saturated carbocycles. The summed E-state index contributed by atoms with van der Waals surface area (Å²) in [6, 6.07) is 0.440. The molecule has 3 heterocycles. The summed E-state index contributed by atoms with van der Waals surface area (Å²) in [5.74, 6) is 0. The highest BCUT2D eigenvalue weighted by Crippen LogP contribution is 2.38. The van der Waals surface area contributed by atoms with E-state index in [-0.39, 0.29) is 5.60 Å². The molecule has 5 nitrogen and oxygen atoms in total. The average Bonchev–Trinajstić information content (AvgIpc) is 2.99. The normalized spacial score (nSPS) is 30.2. The van der Waals surface area contributed by atoms with Gasteiger partial charge in [-0.15, -0.1) is 0 Å². The zero-order chi connectivity index (χ0) is 14.2. The van der Waals surface area contributed by atoms with Crippen molar-refractivity contribution >= 4 is 0 Å². The Hall–Kier alpha value is -0.910. The van der Waals surface area contributed by atoms with E-state index in [1.165, 1.54) is 11.3 Å². The summed E-state index contributed by atoms with van der Waals surface area (Å²) in [6.45, 7) is 7.55. The first kappa shape index (κ1) is 14.0. The van der Waals surface area contributed by atoms with E-state index in [0.29, 0.717) is 6.04 Å². The number of rotatable bonds is 3. The molecule has 0 amide bonds. The predicted molar refractivity (Wildman–Crippen MR) is 76.9 cm³/mol. The minimum absolute atomic E-state index is 0.0572. The highest BCUT2D eigenvalue weighted by Gasteiger charge is 2.42. The van der Waals surface area contributed by atoms with Crippen LogP contribution in [0.3, 0.4) is 0 Å². The van der Waals surface area contributed by atoms with Crippen molar-refractivity contribution in [1.82, 2.24) is 15.1 Å². The molecule has 2 atom stereocenters. The van der Waals surface area contributed by atoms with E-state index in [0.717, 1.165) is 51.3 Å². The maximum absolute atomic E-state index is 6.02. The van der Waals surface area contributed by atoms with Crippen molar-refractivity contribution in [3.8, 4) is 0 Å². The number of aromatic nitrogens is 2. The van der Waals surface area contributed by atoms with Crippen molar-refractivity contribution in [1.29, 1.82) is 0 Å². The van der Waals surface area contributed by atoms with E-state index in [1.807, 2.05) is 7.05 Å². The van der Waals surface area contributed by atoms with Crippen LogP contribution in [0.15, 0.2) is 0 Å². The molecule has 3 rings (SSSR count). The van der Waals surface area contributed by atoms with Gasteiger partial charge in [-0.3, -0.25) is 4.68 Å². The molecule has 0 radical (unpaired) electrons. The van der Waals surface area contributed by atoms with Crippen molar-refractivity contribution in [3.05, 3.63) is 17.0 Å². The van der Waals surface area contributed by atoms with E-state index in [4.69, 9.17) is 14.6 Å². The molecule has 1 N–H and O–H groups in total. The van der Waals surface area contributed by atoms with Crippen LogP contribution in [0.2, 0.25) is 0 Å². The molecular weight excluding hydrogens is 254 g/mol. The van der Waals surface area contributed by atoms with Gasteiger partial charge in [0, 0.05) is 43.9 Å². The Kier molecular flexibility index (Phi) is 3.84. The quantitative estimate of drug-likeness (QED) is 0.915. The molecule has 1 aromatic heterocycles. The Labute approximate surface area is 120 Å². The van der Waals surface area contributed by atoms with E-state index >= 15 is 0 Å². The monoisotopic (exact) mass is 279 g/mol. The molecule has 20 heavy (non-hydrogen) atoms. The van der Waals surface area contributed by atoms with E-state index in [1.54, 1.807) is 0 Å². The number of hydrogen-bond donors (Lipinski definition) is 1. The van der Waals surface area contributed by atoms with Crippen LogP contribution in [-0.2, 0) is 16.0 Å². The molecule has 2 saturated heterocycles. The van der Waals surface area contributed by atoms with Crippen LogP contribution in [0.1, 0.15) is 42.3 Å². The van der Waals surface area contributed by atoms with E-state index < -0.39 is 0 Å². The van der Waals surface area contributed by atoms with Gasteiger partial charge in [0.2, 0.25) is 0 Å². The summed E-state index contributed by atoms with van der Waals surface area (Å²) in [4.78, 5) is 0. The Morgan fingerprint density at radius 2 is 2.25 bits per heavy atom. The van der Waals surface area contributed by atoms with Crippen LogP contribution in [0.4, 0.5) is 0 Å². The van der Waals surface area contributed by atoms with Gasteiger partial charge in [-0.1, -0.05) is 0 Å². The van der Waals surface area contributed by atoms with Gasteiger partial charge in [0.05, 0.1) is 23.9 Å². The minimum atomic E-state index is -0.0572. The number of ether oxygens (including phenoxy) is 2. The lowest BCUT2D eigenvalue weighted by atomic mass is 9.89. The van der Waals surface area contributed by atoms with Crippen LogP contribution in [0, 0.1) is 13.8 Å². The standard InChI is InChI=1S/C15H25N3O2/c1-11-14(9-16-3)12(2)18(17-11)13-4-6-20-15(8-13)5-7-19-10-15/h13,16H,4-10H2,1-3H3. The van der Waals surface area contributed by atoms with Crippen molar-refractivity contribution in [2.24, 2.45) is 0 Å². The second-order valence-corrected chi connectivity index (χ2v) is 6.10. The Morgan fingerprint density at radius 1 is 1.40 bits per heavy atom. The first-order valence-corrected chi connectivity index (χ1v) is 7.56. The van der Waals surface area contributed by atoms with Crippen molar-refractivity contribution in [2.45, 2.75) is 51.3 Å². The van der Waals surface area contributed by atoms with Crippen LogP contribution in [0.5, 0.6) is 0 Å². The average molecular weight is 279 g/mol. The van der Waals surface area contributed by atoms with Gasteiger partial charge >= 0.3 is 0 Å². The third kappa shape index (κ3) is 2.38. The van der Waals surface area contributed by atoms with Gasteiger partial charge in [0.15, 0.2) is 0 Å². The van der Waals surface area contributed by atoms with E-state index in [2.05, 4.69) is 23.8 Å². The second-order valence-electron chi connectivity index (χ2n) is 6.10. The summed E-state index contributed by atoms with van der Waals surface area (Å²) >= 11 is 0. The van der Waals surface area contributed by atoms with Crippen LogP contribution in [-0.4, -0.2) is 42.2 Å². The van der Waals surface area contributed by atoms with Gasteiger partial charge in [-0.25, -0.2) is 0 Å². The topological polar surface area (TPSA) is 48.3 Å². The lowest BCUT2D eigenvalue weighted by Crippen LogP contribution is -2.41. The van der Waals surface area contributed by atoms with Gasteiger partial charge < -0.3 is 14.8 Å². The SMILES string of the molecule is CNCc1c(C)nn(C2CCOC3(CCOC3)C2)c1C. The molecule has 2 aliphatic heterocycles.